The number of furan rings is 1. The van der Waals surface area contributed by atoms with E-state index in [2.05, 4.69) is 17.4 Å². The molecule has 0 radical (unpaired) electrons. The summed E-state index contributed by atoms with van der Waals surface area (Å²) in [5, 5.41) is 3.04. The van der Waals surface area contributed by atoms with E-state index in [0.29, 0.717) is 11.3 Å². The van der Waals surface area contributed by atoms with Crippen LogP contribution in [-0.2, 0) is 12.8 Å². The van der Waals surface area contributed by atoms with Crippen molar-refractivity contribution in [3.63, 3.8) is 0 Å². The third kappa shape index (κ3) is 3.01. The Kier molecular flexibility index (Phi) is 3.92. The quantitative estimate of drug-likeness (QED) is 0.943. The first-order valence-electron chi connectivity index (χ1n) is 7.65. The number of carbonyl (C=O) groups is 1. The molecule has 0 bridgehead atoms. The van der Waals surface area contributed by atoms with E-state index in [4.69, 9.17) is 9.15 Å². The van der Waals surface area contributed by atoms with Gasteiger partial charge in [0.05, 0.1) is 12.2 Å². The van der Waals surface area contributed by atoms with Gasteiger partial charge < -0.3 is 14.5 Å². The van der Waals surface area contributed by atoms with E-state index in [1.54, 1.807) is 6.07 Å². The molecule has 0 spiro atoms. The Hall–Kier alpha value is -2.23. The van der Waals surface area contributed by atoms with E-state index in [1.807, 2.05) is 26.8 Å². The van der Waals surface area contributed by atoms with Crippen LogP contribution in [0.15, 0.2) is 28.7 Å². The molecule has 1 amide bonds. The normalized spacial score (nSPS) is 14.3. The summed E-state index contributed by atoms with van der Waals surface area (Å²) in [5.41, 5.74) is 3.10. The van der Waals surface area contributed by atoms with Crippen LogP contribution in [0.1, 0.15) is 39.9 Å². The van der Waals surface area contributed by atoms with Gasteiger partial charge in [-0.2, -0.15) is 0 Å². The monoisotopic (exact) mass is 299 g/mol. The van der Waals surface area contributed by atoms with Gasteiger partial charge in [-0.15, -0.1) is 0 Å². The number of aryl methyl sites for hydroxylation is 2. The van der Waals surface area contributed by atoms with Crippen molar-refractivity contribution in [3.05, 3.63) is 52.5 Å². The highest BCUT2D eigenvalue weighted by atomic mass is 16.5. The van der Waals surface area contributed by atoms with Crippen molar-refractivity contribution in [3.8, 4) is 5.75 Å². The second-order valence-electron chi connectivity index (χ2n) is 5.95. The Balaban J connectivity index is 1.64. The van der Waals surface area contributed by atoms with Crippen molar-refractivity contribution in [1.29, 1.82) is 0 Å². The second-order valence-corrected chi connectivity index (χ2v) is 5.95. The Morgan fingerprint density at radius 1 is 1.32 bits per heavy atom. The topological polar surface area (TPSA) is 51.5 Å². The van der Waals surface area contributed by atoms with Crippen molar-refractivity contribution in [2.24, 2.45) is 0 Å². The summed E-state index contributed by atoms with van der Waals surface area (Å²) in [7, 11) is 0. The zero-order chi connectivity index (χ0) is 15.7. The van der Waals surface area contributed by atoms with Crippen molar-refractivity contribution < 1.29 is 13.9 Å². The summed E-state index contributed by atoms with van der Waals surface area (Å²) in [5.74, 6) is 2.34. The van der Waals surface area contributed by atoms with Gasteiger partial charge in [-0.05, 0) is 50.5 Å². The van der Waals surface area contributed by atoms with E-state index in [9.17, 15) is 4.79 Å². The molecule has 1 unspecified atom stereocenters. The molecule has 2 heterocycles. The molecular weight excluding hydrogens is 278 g/mol. The minimum Gasteiger partial charge on any atom is -0.493 e. The van der Waals surface area contributed by atoms with E-state index in [0.717, 1.165) is 31.0 Å². The fraction of sp³-hybridized carbons (Fsp3) is 0.389. The molecule has 4 heteroatoms. The molecule has 116 valence electrons. The van der Waals surface area contributed by atoms with Crippen molar-refractivity contribution >= 4 is 5.91 Å². The van der Waals surface area contributed by atoms with E-state index >= 15 is 0 Å². The van der Waals surface area contributed by atoms with Crippen LogP contribution < -0.4 is 10.1 Å². The summed E-state index contributed by atoms with van der Waals surface area (Å²) in [6, 6.07) is 8.11. The molecule has 1 aliphatic heterocycles. The second kappa shape index (κ2) is 5.87. The Morgan fingerprint density at radius 2 is 2.14 bits per heavy atom. The van der Waals surface area contributed by atoms with Crippen LogP contribution in [0.3, 0.4) is 0 Å². The molecule has 4 nitrogen and oxygen atoms in total. The largest absolute Gasteiger partial charge is 0.493 e. The lowest BCUT2D eigenvalue weighted by molar-refractivity contribution is 0.0938. The SMILES string of the molecule is Cc1cc(C(=O)NC(C)Cc2ccc3c(c2)CCO3)c(C)o1. The molecule has 3 rings (SSSR count). The van der Waals surface area contributed by atoms with Gasteiger partial charge in [-0.25, -0.2) is 0 Å². The summed E-state index contributed by atoms with van der Waals surface area (Å²) in [6.07, 6.45) is 1.77. The minimum atomic E-state index is -0.0775. The van der Waals surface area contributed by atoms with Gasteiger partial charge in [0, 0.05) is 12.5 Å². The highest BCUT2D eigenvalue weighted by Gasteiger charge is 2.17. The third-order valence-corrected chi connectivity index (χ3v) is 3.96. The standard InChI is InChI=1S/C18H21NO3/c1-11(19-18(20)16-9-12(2)22-13(16)3)8-14-4-5-17-15(10-14)6-7-21-17/h4-5,9-11H,6-8H2,1-3H3,(H,19,20). The first-order valence-corrected chi connectivity index (χ1v) is 7.65. The highest BCUT2D eigenvalue weighted by molar-refractivity contribution is 5.95. The zero-order valence-corrected chi connectivity index (χ0v) is 13.2. The lowest BCUT2D eigenvalue weighted by atomic mass is 10.0. The van der Waals surface area contributed by atoms with E-state index in [1.165, 1.54) is 11.1 Å². The number of fused-ring (bicyclic) bond motifs is 1. The molecule has 1 atom stereocenters. The highest BCUT2D eigenvalue weighted by Crippen LogP contribution is 2.26. The van der Waals surface area contributed by atoms with Gasteiger partial charge in [0.1, 0.15) is 17.3 Å². The molecule has 0 saturated carbocycles. The van der Waals surface area contributed by atoms with Crippen LogP contribution in [0, 0.1) is 13.8 Å². The average Bonchev–Trinajstić information content (AvgIpc) is 3.04. The van der Waals surface area contributed by atoms with Crippen LogP contribution in [0.4, 0.5) is 0 Å². The summed E-state index contributed by atoms with van der Waals surface area (Å²) in [4.78, 5) is 12.3. The fourth-order valence-corrected chi connectivity index (χ4v) is 2.93. The molecule has 0 fully saturated rings. The molecule has 1 aromatic heterocycles. The predicted molar refractivity (Wildman–Crippen MR) is 84.5 cm³/mol. The maximum atomic E-state index is 12.3. The van der Waals surface area contributed by atoms with Crippen molar-refractivity contribution in [2.75, 3.05) is 6.61 Å². The number of hydrogen-bond donors (Lipinski definition) is 1. The maximum absolute atomic E-state index is 12.3. The van der Waals surface area contributed by atoms with Crippen molar-refractivity contribution in [2.45, 2.75) is 39.7 Å². The number of hydrogen-bond acceptors (Lipinski definition) is 3. The van der Waals surface area contributed by atoms with Gasteiger partial charge >= 0.3 is 0 Å². The molecule has 2 aromatic rings. The Labute approximate surface area is 130 Å². The number of benzene rings is 1. The Bertz CT molecular complexity index is 702. The number of amides is 1. The third-order valence-electron chi connectivity index (χ3n) is 3.96. The van der Waals surface area contributed by atoms with E-state index < -0.39 is 0 Å². The van der Waals surface area contributed by atoms with Crippen LogP contribution >= 0.6 is 0 Å². The summed E-state index contributed by atoms with van der Waals surface area (Å²) >= 11 is 0. The maximum Gasteiger partial charge on any atom is 0.255 e. The lowest BCUT2D eigenvalue weighted by Crippen LogP contribution is -2.34. The number of carbonyl (C=O) groups excluding carboxylic acids is 1. The average molecular weight is 299 g/mol. The first kappa shape index (κ1) is 14.7. The molecule has 0 aliphatic carbocycles. The molecule has 1 aliphatic rings. The smallest absolute Gasteiger partial charge is 0.255 e. The van der Waals surface area contributed by atoms with Crippen LogP contribution in [0.2, 0.25) is 0 Å². The summed E-state index contributed by atoms with van der Waals surface area (Å²) in [6.45, 7) is 6.45. The van der Waals surface area contributed by atoms with Gasteiger partial charge in [0.25, 0.3) is 5.91 Å². The number of rotatable bonds is 4. The molecule has 1 N–H and O–H groups in total. The van der Waals surface area contributed by atoms with Crippen LogP contribution in [0.25, 0.3) is 0 Å². The van der Waals surface area contributed by atoms with Crippen LogP contribution in [0.5, 0.6) is 5.75 Å². The first-order chi connectivity index (χ1) is 10.5. The van der Waals surface area contributed by atoms with Gasteiger partial charge in [0.15, 0.2) is 0 Å². The number of nitrogens with one attached hydrogen (secondary N) is 1. The molecular formula is C18H21NO3. The predicted octanol–water partition coefficient (Wildman–Crippen LogP) is 3.19. The van der Waals surface area contributed by atoms with Gasteiger partial charge in [-0.1, -0.05) is 12.1 Å². The molecule has 1 aromatic carbocycles. The Morgan fingerprint density at radius 3 is 2.86 bits per heavy atom. The van der Waals surface area contributed by atoms with Crippen molar-refractivity contribution in [1.82, 2.24) is 5.32 Å². The van der Waals surface area contributed by atoms with Gasteiger partial charge in [0.2, 0.25) is 0 Å². The van der Waals surface area contributed by atoms with Crippen LogP contribution in [-0.4, -0.2) is 18.6 Å². The molecule has 22 heavy (non-hydrogen) atoms. The summed E-state index contributed by atoms with van der Waals surface area (Å²) < 4.78 is 10.9. The van der Waals surface area contributed by atoms with E-state index in [-0.39, 0.29) is 11.9 Å². The molecule has 0 saturated heterocycles. The zero-order valence-electron chi connectivity index (χ0n) is 13.2. The fourth-order valence-electron chi connectivity index (χ4n) is 2.93. The minimum absolute atomic E-state index is 0.0578. The lowest BCUT2D eigenvalue weighted by Gasteiger charge is -2.14. The number of ether oxygens (including phenoxy) is 1. The van der Waals surface area contributed by atoms with Gasteiger partial charge in [-0.3, -0.25) is 4.79 Å².